The molecule has 4 rings (SSSR count). The van der Waals surface area contributed by atoms with Gasteiger partial charge in [-0.05, 0) is 57.0 Å². The minimum atomic E-state index is -0.900. The van der Waals surface area contributed by atoms with Crippen molar-refractivity contribution < 1.29 is 42.7 Å². The minimum Gasteiger partial charge on any atom is -0.497 e. The zero-order chi connectivity index (χ0) is 29.6. The molecule has 0 bridgehead atoms. The second-order valence-corrected chi connectivity index (χ2v) is 10.5. The van der Waals surface area contributed by atoms with Gasteiger partial charge in [0.2, 0.25) is 0 Å². The summed E-state index contributed by atoms with van der Waals surface area (Å²) in [6, 6.07) is 12.2. The maximum Gasteiger partial charge on any atom is 0.342 e. The van der Waals surface area contributed by atoms with Crippen LogP contribution in [-0.4, -0.2) is 63.2 Å². The van der Waals surface area contributed by atoms with Crippen molar-refractivity contribution in [3.63, 3.8) is 0 Å². The molecule has 0 spiro atoms. The minimum absolute atomic E-state index is 0.0571. The first-order valence-electron chi connectivity index (χ1n) is 13.6. The number of carbonyl (C=O) groups excluding carboxylic acids is 2. The Kier molecular flexibility index (Phi) is 9.86. The molecule has 0 aromatic heterocycles. The Morgan fingerprint density at radius 1 is 1.05 bits per heavy atom. The van der Waals surface area contributed by atoms with Crippen LogP contribution in [0.5, 0.6) is 11.5 Å². The van der Waals surface area contributed by atoms with Crippen molar-refractivity contribution in [3.05, 3.63) is 77.4 Å². The Bertz CT molecular complexity index is 1270. The fourth-order valence-corrected chi connectivity index (χ4v) is 4.73. The van der Waals surface area contributed by atoms with E-state index in [4.69, 9.17) is 33.2 Å². The highest BCUT2D eigenvalue weighted by Crippen LogP contribution is 2.36. The monoisotopic (exact) mass is 566 g/mol. The topological polar surface area (TPSA) is 98.8 Å². The first-order valence-corrected chi connectivity index (χ1v) is 13.6. The Morgan fingerprint density at radius 2 is 1.80 bits per heavy atom. The molecule has 0 N–H and O–H groups in total. The summed E-state index contributed by atoms with van der Waals surface area (Å²) in [5, 5.41) is 0. The molecular weight excluding hydrogens is 528 g/mol. The van der Waals surface area contributed by atoms with E-state index in [1.54, 1.807) is 55.5 Å². The normalized spacial score (nSPS) is 26.6. The molecule has 2 aromatic rings. The van der Waals surface area contributed by atoms with Gasteiger partial charge in [-0.1, -0.05) is 43.4 Å². The van der Waals surface area contributed by atoms with E-state index in [0.717, 1.165) is 0 Å². The number of cyclic esters (lactones) is 1. The number of hydrogen-bond acceptors (Lipinski definition) is 9. The molecule has 0 saturated carbocycles. The Morgan fingerprint density at radius 3 is 2.51 bits per heavy atom. The van der Waals surface area contributed by atoms with Crippen LogP contribution in [-0.2, 0) is 23.7 Å². The molecule has 2 aliphatic heterocycles. The quantitative estimate of drug-likeness (QED) is 0.252. The summed E-state index contributed by atoms with van der Waals surface area (Å²) in [6.45, 7) is 7.32. The van der Waals surface area contributed by atoms with Gasteiger partial charge in [0.25, 0.3) is 0 Å². The molecule has 1 unspecified atom stereocenters. The molecule has 41 heavy (non-hydrogen) atoms. The highest BCUT2D eigenvalue weighted by Gasteiger charge is 2.45. The van der Waals surface area contributed by atoms with Crippen molar-refractivity contribution in [2.45, 2.75) is 64.3 Å². The number of benzene rings is 2. The van der Waals surface area contributed by atoms with Crippen LogP contribution >= 0.6 is 0 Å². The standard InChI is InChI=1S/C32H38O9/c1-20-15-16-25(39-30(33)22-11-8-7-9-12-22)29-26(40-32(3,4)41-29)14-10-13-23-17-24(36-6)18-27(37-19-35-5)28(23)31(34)38-21(20)2/h7-13,15-18,20-21,25-26,29H,14,19H2,1-6H3/b13-10?,16-15-/t20-,21+,25?,26+,29-/m1/s1. The van der Waals surface area contributed by atoms with Crippen LogP contribution in [0.3, 0.4) is 0 Å². The van der Waals surface area contributed by atoms with Crippen LogP contribution in [0.2, 0.25) is 0 Å². The van der Waals surface area contributed by atoms with Gasteiger partial charge in [0.05, 0.1) is 18.8 Å². The Hall–Kier alpha value is -3.66. The number of methoxy groups -OCH3 is 2. The summed E-state index contributed by atoms with van der Waals surface area (Å²) in [6.07, 6.45) is 5.44. The molecule has 2 aromatic carbocycles. The number of esters is 2. The molecule has 0 radical (unpaired) electrons. The van der Waals surface area contributed by atoms with E-state index in [1.807, 2.05) is 39.0 Å². The van der Waals surface area contributed by atoms with Crippen molar-refractivity contribution in [1.82, 2.24) is 0 Å². The first kappa shape index (κ1) is 30.3. The molecule has 1 fully saturated rings. The molecule has 9 nitrogen and oxygen atoms in total. The van der Waals surface area contributed by atoms with Crippen LogP contribution in [0.4, 0.5) is 0 Å². The summed E-state index contributed by atoms with van der Waals surface area (Å²) in [5.74, 6) is -1.36. The molecule has 5 atom stereocenters. The highest BCUT2D eigenvalue weighted by molar-refractivity contribution is 5.97. The maximum absolute atomic E-state index is 13.5. The Labute approximate surface area is 241 Å². The molecule has 220 valence electrons. The summed E-state index contributed by atoms with van der Waals surface area (Å²) in [5.41, 5.74) is 1.24. The number of carbonyl (C=O) groups is 2. The van der Waals surface area contributed by atoms with Gasteiger partial charge in [0.1, 0.15) is 35.4 Å². The van der Waals surface area contributed by atoms with Crippen LogP contribution in [0.25, 0.3) is 6.08 Å². The third-order valence-corrected chi connectivity index (χ3v) is 6.98. The van der Waals surface area contributed by atoms with Gasteiger partial charge >= 0.3 is 11.9 Å². The van der Waals surface area contributed by atoms with E-state index in [2.05, 4.69) is 0 Å². The zero-order valence-electron chi connectivity index (χ0n) is 24.3. The summed E-state index contributed by atoms with van der Waals surface area (Å²) in [4.78, 5) is 26.6. The van der Waals surface area contributed by atoms with Crippen molar-refractivity contribution in [1.29, 1.82) is 0 Å². The lowest BCUT2D eigenvalue weighted by molar-refractivity contribution is -0.152. The summed E-state index contributed by atoms with van der Waals surface area (Å²) < 4.78 is 40.7. The van der Waals surface area contributed by atoms with E-state index in [9.17, 15) is 9.59 Å². The molecule has 0 aliphatic carbocycles. The van der Waals surface area contributed by atoms with Gasteiger partial charge in [-0.2, -0.15) is 0 Å². The summed E-state index contributed by atoms with van der Waals surface area (Å²) in [7, 11) is 3.04. The van der Waals surface area contributed by atoms with Crippen molar-refractivity contribution >= 4 is 18.0 Å². The van der Waals surface area contributed by atoms with Crippen LogP contribution in [0.1, 0.15) is 60.4 Å². The smallest absolute Gasteiger partial charge is 0.342 e. The second-order valence-electron chi connectivity index (χ2n) is 10.5. The van der Waals surface area contributed by atoms with Gasteiger partial charge < -0.3 is 33.2 Å². The van der Waals surface area contributed by atoms with Crippen molar-refractivity contribution in [2.75, 3.05) is 21.0 Å². The van der Waals surface area contributed by atoms with Crippen molar-refractivity contribution in [3.8, 4) is 11.5 Å². The SMILES string of the molecule is COCOc1cc(OC)cc2c1C(=O)O[C@@H](C)[C@H](C)/C=C\C(OC(=O)c1ccccc1)[C@H]1OC(C)(C)O[C@H]1CC=C2. The van der Waals surface area contributed by atoms with E-state index in [0.29, 0.717) is 23.3 Å². The van der Waals surface area contributed by atoms with E-state index >= 15 is 0 Å². The van der Waals surface area contributed by atoms with Crippen molar-refractivity contribution in [2.24, 2.45) is 5.92 Å². The lowest BCUT2D eigenvalue weighted by atomic mass is 9.98. The average molecular weight is 567 g/mol. The van der Waals surface area contributed by atoms with Gasteiger partial charge in [-0.15, -0.1) is 0 Å². The molecule has 1 saturated heterocycles. The van der Waals surface area contributed by atoms with Crippen LogP contribution < -0.4 is 9.47 Å². The molecular formula is C32H38O9. The van der Waals surface area contributed by atoms with Crippen LogP contribution in [0, 0.1) is 5.92 Å². The predicted molar refractivity (Wildman–Crippen MR) is 152 cm³/mol. The third-order valence-electron chi connectivity index (χ3n) is 6.98. The maximum atomic E-state index is 13.5. The van der Waals surface area contributed by atoms with Crippen LogP contribution in [0.15, 0.2) is 60.7 Å². The van der Waals surface area contributed by atoms with Gasteiger partial charge in [-0.3, -0.25) is 0 Å². The summed E-state index contributed by atoms with van der Waals surface area (Å²) >= 11 is 0. The lowest BCUT2D eigenvalue weighted by Crippen LogP contribution is -2.37. The average Bonchev–Trinajstić information content (AvgIpc) is 3.27. The number of fused-ring (bicyclic) bond motifs is 2. The van der Waals surface area contributed by atoms with E-state index in [1.165, 1.54) is 14.2 Å². The molecule has 2 aliphatic rings. The second kappa shape index (κ2) is 13.3. The third kappa shape index (κ3) is 7.55. The van der Waals surface area contributed by atoms with E-state index < -0.39 is 42.1 Å². The number of hydrogen-bond donors (Lipinski definition) is 0. The zero-order valence-corrected chi connectivity index (χ0v) is 24.3. The molecule has 0 amide bonds. The fraction of sp³-hybridized carbons (Fsp3) is 0.438. The van der Waals surface area contributed by atoms with Gasteiger partial charge in [-0.25, -0.2) is 9.59 Å². The Balaban J connectivity index is 1.74. The van der Waals surface area contributed by atoms with E-state index in [-0.39, 0.29) is 24.0 Å². The first-order chi connectivity index (χ1) is 19.6. The number of ether oxygens (including phenoxy) is 7. The fourth-order valence-electron chi connectivity index (χ4n) is 4.73. The highest BCUT2D eigenvalue weighted by atomic mass is 16.8. The molecule has 9 heteroatoms. The van der Waals surface area contributed by atoms with Gasteiger partial charge in [0.15, 0.2) is 12.6 Å². The molecule has 2 heterocycles. The van der Waals surface area contributed by atoms with Gasteiger partial charge in [0, 0.05) is 19.1 Å². The largest absolute Gasteiger partial charge is 0.497 e. The number of rotatable bonds is 6. The predicted octanol–water partition coefficient (Wildman–Crippen LogP) is 5.58. The lowest BCUT2D eigenvalue weighted by Gasteiger charge is -2.25.